The molecule has 8 nitrogen and oxygen atoms in total. The molecule has 0 unspecified atom stereocenters. The molecule has 3 aromatic heterocycles. The van der Waals surface area contributed by atoms with Crippen molar-refractivity contribution in [1.82, 2.24) is 10.3 Å². The lowest BCUT2D eigenvalue weighted by atomic mass is 9.94. The summed E-state index contributed by atoms with van der Waals surface area (Å²) in [6, 6.07) is 10.2. The molecule has 37 heavy (non-hydrogen) atoms. The molecule has 5 aromatic rings. The maximum atomic E-state index is 12.9. The maximum Gasteiger partial charge on any atom is 0.340 e. The van der Waals surface area contributed by atoms with Gasteiger partial charge in [0, 0.05) is 52.3 Å². The number of amides is 1. The second-order valence-corrected chi connectivity index (χ2v) is 9.75. The Balaban J connectivity index is 1.28. The van der Waals surface area contributed by atoms with Crippen LogP contribution in [-0.2, 0) is 35.3 Å². The normalized spacial score (nSPS) is 14.2. The topological polar surface area (TPSA) is 126 Å². The number of hydrogen-bond donors (Lipinski definition) is 3. The van der Waals surface area contributed by atoms with Crippen LogP contribution in [-0.4, -0.2) is 28.0 Å². The third-order valence-corrected chi connectivity index (χ3v) is 7.43. The summed E-state index contributed by atoms with van der Waals surface area (Å²) in [5, 5.41) is 15.0. The van der Waals surface area contributed by atoms with Crippen molar-refractivity contribution in [3.05, 3.63) is 81.0 Å². The molecule has 0 spiro atoms. The largest absolute Gasteiger partial charge is 0.480 e. The van der Waals surface area contributed by atoms with Gasteiger partial charge in [0.2, 0.25) is 5.91 Å². The van der Waals surface area contributed by atoms with E-state index >= 15 is 0 Å². The zero-order valence-electron chi connectivity index (χ0n) is 20.3. The van der Waals surface area contributed by atoms with E-state index in [2.05, 4.69) is 10.3 Å². The smallest absolute Gasteiger partial charge is 0.340 e. The number of hydrogen-bond acceptors (Lipinski definition) is 5. The standard InChI is InChI=1S/C29H26N2O6/c1-15-19-11-21-18-7-3-5-9-24(18)36-26(21)13-25(19)37-29(35)20(15)12-27(32)31-23(28(33)34)10-16-14-30-22-8-4-2-6-17(16)22/h2,4,6,8,11,13-14,23,30H,3,5,7,9-10,12H2,1H3,(H,31,32)(H,33,34)/t23-/m0/s1. The average Bonchev–Trinajstić information content (AvgIpc) is 3.46. The van der Waals surface area contributed by atoms with E-state index in [9.17, 15) is 19.5 Å². The molecule has 2 aromatic carbocycles. The zero-order valence-corrected chi connectivity index (χ0v) is 20.3. The SMILES string of the molecule is Cc1c(CC(=O)N[C@@H](Cc2c[nH]c3ccccc23)C(=O)O)c(=O)oc2cc3oc4c(c3cc12)CCCC4. The highest BCUT2D eigenvalue weighted by Gasteiger charge is 2.25. The van der Waals surface area contributed by atoms with Crippen LogP contribution >= 0.6 is 0 Å². The van der Waals surface area contributed by atoms with E-state index in [1.807, 2.05) is 30.3 Å². The molecule has 3 N–H and O–H groups in total. The molecule has 1 atom stereocenters. The second-order valence-electron chi connectivity index (χ2n) is 9.75. The number of carboxylic acids is 1. The predicted octanol–water partition coefficient (Wildman–Crippen LogP) is 4.56. The first-order valence-electron chi connectivity index (χ1n) is 12.5. The fourth-order valence-corrected chi connectivity index (χ4v) is 5.48. The number of benzene rings is 2. The van der Waals surface area contributed by atoms with Crippen LogP contribution in [0.3, 0.4) is 0 Å². The highest BCUT2D eigenvalue weighted by Crippen LogP contribution is 2.35. The minimum Gasteiger partial charge on any atom is -0.480 e. The molecule has 1 aliphatic rings. The molecule has 1 amide bonds. The summed E-state index contributed by atoms with van der Waals surface area (Å²) in [6.07, 6.45) is 5.64. The number of carboxylic acid groups (broad SMARTS) is 1. The van der Waals surface area contributed by atoms with E-state index in [4.69, 9.17) is 8.83 Å². The van der Waals surface area contributed by atoms with E-state index < -0.39 is 23.5 Å². The number of carbonyl (C=O) groups is 2. The van der Waals surface area contributed by atoms with Gasteiger partial charge in [0.15, 0.2) is 0 Å². The van der Waals surface area contributed by atoms with Gasteiger partial charge >= 0.3 is 11.6 Å². The van der Waals surface area contributed by atoms with Crippen molar-refractivity contribution < 1.29 is 23.5 Å². The molecule has 3 heterocycles. The van der Waals surface area contributed by atoms with Crippen molar-refractivity contribution in [2.24, 2.45) is 0 Å². The van der Waals surface area contributed by atoms with Crippen LogP contribution in [0, 0.1) is 6.92 Å². The molecule has 0 bridgehead atoms. The lowest BCUT2D eigenvalue weighted by Crippen LogP contribution is -2.43. The van der Waals surface area contributed by atoms with Crippen molar-refractivity contribution in [2.75, 3.05) is 0 Å². The van der Waals surface area contributed by atoms with Crippen LogP contribution < -0.4 is 10.9 Å². The van der Waals surface area contributed by atoms with Crippen molar-refractivity contribution in [1.29, 1.82) is 0 Å². The molecule has 0 fully saturated rings. The highest BCUT2D eigenvalue weighted by molar-refractivity contribution is 5.97. The number of fused-ring (bicyclic) bond motifs is 5. The number of nitrogens with one attached hydrogen (secondary N) is 2. The second kappa shape index (κ2) is 8.96. The van der Waals surface area contributed by atoms with Gasteiger partial charge in [-0.1, -0.05) is 18.2 Å². The first-order valence-corrected chi connectivity index (χ1v) is 12.5. The van der Waals surface area contributed by atoms with Crippen molar-refractivity contribution >= 4 is 44.7 Å². The zero-order chi connectivity index (χ0) is 25.7. The summed E-state index contributed by atoms with van der Waals surface area (Å²) in [5.74, 6) is -0.706. The Hall–Kier alpha value is -4.33. The van der Waals surface area contributed by atoms with Crippen molar-refractivity contribution in [2.45, 2.75) is 51.5 Å². The molecule has 0 saturated heterocycles. The monoisotopic (exact) mass is 498 g/mol. The number of H-pyrrole nitrogens is 1. The third-order valence-electron chi connectivity index (χ3n) is 7.43. The fraction of sp³-hybridized carbons (Fsp3) is 0.276. The summed E-state index contributed by atoms with van der Waals surface area (Å²) >= 11 is 0. The Morgan fingerprint density at radius 2 is 1.84 bits per heavy atom. The van der Waals surface area contributed by atoms with Gasteiger partial charge in [-0.15, -0.1) is 0 Å². The Morgan fingerprint density at radius 3 is 2.68 bits per heavy atom. The molecule has 0 saturated carbocycles. The maximum absolute atomic E-state index is 12.9. The third kappa shape index (κ3) is 4.08. The lowest BCUT2D eigenvalue weighted by molar-refractivity contribution is -0.141. The van der Waals surface area contributed by atoms with Crippen molar-refractivity contribution in [3.8, 4) is 0 Å². The molecule has 1 aliphatic carbocycles. The number of carbonyl (C=O) groups excluding carboxylic acids is 1. The quantitative estimate of drug-likeness (QED) is 0.295. The molecule has 8 heteroatoms. The Morgan fingerprint density at radius 1 is 1.05 bits per heavy atom. The lowest BCUT2D eigenvalue weighted by Gasteiger charge is -2.15. The van der Waals surface area contributed by atoms with Crippen molar-refractivity contribution in [3.63, 3.8) is 0 Å². The number of para-hydroxylation sites is 1. The van der Waals surface area contributed by atoms with Gasteiger partial charge in [-0.3, -0.25) is 4.79 Å². The van der Waals surface area contributed by atoms with Gasteiger partial charge in [0.25, 0.3) is 0 Å². The number of rotatable bonds is 6. The van der Waals surface area contributed by atoms with Crippen LogP contribution in [0.25, 0.3) is 32.8 Å². The van der Waals surface area contributed by atoms with Gasteiger partial charge in [-0.2, -0.15) is 0 Å². The van der Waals surface area contributed by atoms with Crippen LogP contribution in [0.2, 0.25) is 0 Å². The molecular formula is C29H26N2O6. The average molecular weight is 499 g/mol. The fourth-order valence-electron chi connectivity index (χ4n) is 5.48. The first kappa shape index (κ1) is 23.1. The van der Waals surface area contributed by atoms with Crippen LogP contribution in [0.4, 0.5) is 0 Å². The molecule has 6 rings (SSSR count). The van der Waals surface area contributed by atoms with E-state index in [-0.39, 0.29) is 18.4 Å². The summed E-state index contributed by atoms with van der Waals surface area (Å²) in [6.45, 7) is 1.79. The van der Waals surface area contributed by atoms with Crippen LogP contribution in [0.15, 0.2) is 56.2 Å². The van der Waals surface area contributed by atoms with E-state index in [0.717, 1.165) is 58.7 Å². The summed E-state index contributed by atoms with van der Waals surface area (Å²) in [4.78, 5) is 40.9. The molecule has 0 radical (unpaired) electrons. The molecule has 188 valence electrons. The number of aromatic amines is 1. The number of aromatic nitrogens is 1. The molecular weight excluding hydrogens is 472 g/mol. The van der Waals surface area contributed by atoms with E-state index in [0.29, 0.717) is 16.7 Å². The van der Waals surface area contributed by atoms with Gasteiger partial charge in [-0.05, 0) is 49.4 Å². The van der Waals surface area contributed by atoms with E-state index in [1.165, 1.54) is 5.56 Å². The minimum absolute atomic E-state index is 0.111. The Kier molecular flexibility index (Phi) is 5.59. The van der Waals surface area contributed by atoms with Gasteiger partial charge in [0.05, 0.1) is 12.0 Å². The predicted molar refractivity (Wildman–Crippen MR) is 139 cm³/mol. The van der Waals surface area contributed by atoms with Gasteiger partial charge < -0.3 is 24.2 Å². The van der Waals surface area contributed by atoms with Crippen LogP contribution in [0.1, 0.15) is 40.9 Å². The van der Waals surface area contributed by atoms with Crippen LogP contribution in [0.5, 0.6) is 0 Å². The van der Waals surface area contributed by atoms with E-state index in [1.54, 1.807) is 19.2 Å². The number of aliphatic carboxylic acids is 1. The highest BCUT2D eigenvalue weighted by atomic mass is 16.4. The van der Waals surface area contributed by atoms with Gasteiger partial charge in [0.1, 0.15) is 23.0 Å². The number of aryl methyl sites for hydroxylation is 3. The minimum atomic E-state index is -1.15. The molecule has 0 aliphatic heterocycles. The summed E-state index contributed by atoms with van der Waals surface area (Å²) in [5.41, 5.74) is 4.26. The first-order chi connectivity index (χ1) is 17.9. The summed E-state index contributed by atoms with van der Waals surface area (Å²) in [7, 11) is 0. The Bertz CT molecular complexity index is 1760. The Labute approximate surface area is 211 Å². The van der Waals surface area contributed by atoms with Gasteiger partial charge in [-0.25, -0.2) is 9.59 Å². The number of furan rings is 1. The summed E-state index contributed by atoms with van der Waals surface area (Å²) < 4.78 is 11.6.